The molecule has 0 atom stereocenters. The third-order valence-corrected chi connectivity index (χ3v) is 4.61. The number of rotatable bonds is 6. The molecule has 0 saturated heterocycles. The number of hydrogen-bond acceptors (Lipinski definition) is 3. The minimum Gasteiger partial charge on any atom is -0.272 e. The molecule has 0 radical (unpaired) electrons. The fraction of sp³-hybridized carbons (Fsp3) is 0.727. The van der Waals surface area contributed by atoms with Gasteiger partial charge in [0.15, 0.2) is 0 Å². The third kappa shape index (κ3) is 3.54. The van der Waals surface area contributed by atoms with E-state index in [-0.39, 0.29) is 12.6 Å². The second-order valence-corrected chi connectivity index (χ2v) is 6.35. The fourth-order valence-electron chi connectivity index (χ4n) is 1.44. The molecule has 7 heteroatoms. The van der Waals surface area contributed by atoms with E-state index in [1.807, 2.05) is 33.9 Å². The van der Waals surface area contributed by atoms with Crippen LogP contribution < -0.4 is 4.72 Å². The summed E-state index contributed by atoms with van der Waals surface area (Å²) in [5, 5.41) is 4.28. The van der Waals surface area contributed by atoms with Crippen molar-refractivity contribution >= 4 is 10.2 Å². The number of aromatic nitrogens is 2. The van der Waals surface area contributed by atoms with E-state index in [4.69, 9.17) is 0 Å². The first-order valence-electron chi connectivity index (χ1n) is 6.03. The Bertz CT molecular complexity index is 493. The molecule has 1 N–H and O–H groups in total. The zero-order chi connectivity index (χ0) is 13.9. The molecule has 0 spiro atoms. The summed E-state index contributed by atoms with van der Waals surface area (Å²) in [4.78, 5) is 0. The number of nitrogens with zero attached hydrogens (tertiary/aromatic N) is 3. The molecule has 18 heavy (non-hydrogen) atoms. The van der Waals surface area contributed by atoms with E-state index in [9.17, 15) is 8.42 Å². The van der Waals surface area contributed by atoms with Gasteiger partial charge in [0.2, 0.25) is 0 Å². The van der Waals surface area contributed by atoms with Gasteiger partial charge in [0, 0.05) is 37.9 Å². The molecule has 0 fully saturated rings. The Kier molecular flexibility index (Phi) is 4.89. The Hall–Kier alpha value is -0.920. The van der Waals surface area contributed by atoms with Crippen molar-refractivity contribution in [2.75, 3.05) is 7.05 Å². The van der Waals surface area contributed by atoms with Gasteiger partial charge in [-0.25, -0.2) is 0 Å². The highest BCUT2D eigenvalue weighted by Gasteiger charge is 2.20. The van der Waals surface area contributed by atoms with Crippen molar-refractivity contribution in [3.8, 4) is 0 Å². The molecule has 1 heterocycles. The second-order valence-electron chi connectivity index (χ2n) is 4.53. The topological polar surface area (TPSA) is 67.2 Å². The Morgan fingerprint density at radius 3 is 2.56 bits per heavy atom. The minimum atomic E-state index is -3.43. The molecule has 0 amide bonds. The van der Waals surface area contributed by atoms with E-state index < -0.39 is 10.2 Å². The minimum absolute atomic E-state index is 0.0676. The van der Waals surface area contributed by atoms with Gasteiger partial charge in [0.05, 0.1) is 5.69 Å². The lowest BCUT2D eigenvalue weighted by atomic mass is 10.3. The van der Waals surface area contributed by atoms with E-state index in [1.165, 1.54) is 4.31 Å². The number of hydrogen-bond donors (Lipinski definition) is 1. The highest BCUT2D eigenvalue weighted by molar-refractivity contribution is 7.87. The van der Waals surface area contributed by atoms with Crippen LogP contribution in [0.15, 0.2) is 6.20 Å². The van der Waals surface area contributed by atoms with Crippen molar-refractivity contribution in [3.63, 3.8) is 0 Å². The van der Waals surface area contributed by atoms with Crippen molar-refractivity contribution in [1.82, 2.24) is 18.8 Å². The van der Waals surface area contributed by atoms with Crippen molar-refractivity contribution < 1.29 is 8.42 Å². The predicted molar refractivity (Wildman–Crippen MR) is 71.3 cm³/mol. The Morgan fingerprint density at radius 1 is 1.50 bits per heavy atom. The van der Waals surface area contributed by atoms with E-state index >= 15 is 0 Å². The molecule has 6 nitrogen and oxygen atoms in total. The van der Waals surface area contributed by atoms with Crippen LogP contribution in [0.1, 0.15) is 32.0 Å². The zero-order valence-electron chi connectivity index (χ0n) is 11.6. The van der Waals surface area contributed by atoms with Crippen molar-refractivity contribution in [3.05, 3.63) is 17.5 Å². The number of nitrogens with one attached hydrogen (secondary N) is 1. The Balaban J connectivity index is 2.73. The van der Waals surface area contributed by atoms with Gasteiger partial charge in [0.25, 0.3) is 10.2 Å². The van der Waals surface area contributed by atoms with Gasteiger partial charge in [0.1, 0.15) is 0 Å². The van der Waals surface area contributed by atoms with Gasteiger partial charge >= 0.3 is 0 Å². The van der Waals surface area contributed by atoms with Crippen LogP contribution in [-0.2, 0) is 23.3 Å². The average Bonchev–Trinajstić information content (AvgIpc) is 2.66. The average molecular weight is 274 g/mol. The van der Waals surface area contributed by atoms with Gasteiger partial charge in [-0.05, 0) is 27.7 Å². The smallest absolute Gasteiger partial charge is 0.272 e. The van der Waals surface area contributed by atoms with Crippen LogP contribution in [0.25, 0.3) is 0 Å². The van der Waals surface area contributed by atoms with E-state index in [0.29, 0.717) is 0 Å². The van der Waals surface area contributed by atoms with Gasteiger partial charge in [-0.1, -0.05) is 0 Å². The predicted octanol–water partition coefficient (Wildman–Crippen LogP) is 0.886. The highest BCUT2D eigenvalue weighted by atomic mass is 32.2. The maximum atomic E-state index is 11.9. The van der Waals surface area contributed by atoms with E-state index in [1.54, 1.807) is 11.7 Å². The summed E-state index contributed by atoms with van der Waals surface area (Å²) >= 11 is 0. The summed E-state index contributed by atoms with van der Waals surface area (Å²) in [6.07, 6.45) is 1.87. The molecule has 0 saturated carbocycles. The summed E-state index contributed by atoms with van der Waals surface area (Å²) in [6, 6.07) is -0.0676. The second kappa shape index (κ2) is 5.81. The maximum absolute atomic E-state index is 11.9. The van der Waals surface area contributed by atoms with Crippen LogP contribution in [0.3, 0.4) is 0 Å². The quantitative estimate of drug-likeness (QED) is 0.837. The third-order valence-electron chi connectivity index (χ3n) is 2.92. The molecule has 0 bridgehead atoms. The van der Waals surface area contributed by atoms with E-state index in [0.717, 1.165) is 17.8 Å². The summed E-state index contributed by atoms with van der Waals surface area (Å²) in [7, 11) is -1.86. The van der Waals surface area contributed by atoms with Gasteiger partial charge in [-0.2, -0.15) is 22.5 Å². The lowest BCUT2D eigenvalue weighted by Gasteiger charge is -2.21. The molecule has 0 aliphatic heterocycles. The molecule has 0 unspecified atom stereocenters. The molecule has 104 valence electrons. The summed E-state index contributed by atoms with van der Waals surface area (Å²) in [6.45, 7) is 8.58. The van der Waals surface area contributed by atoms with Crippen molar-refractivity contribution in [2.24, 2.45) is 0 Å². The normalized spacial score (nSPS) is 12.6. The molecule has 1 aromatic rings. The standard InChI is InChI=1S/C11H22N4O2S/c1-6-15-8-11(10(4)13-15)7-12-18(16,17)14(5)9(2)3/h8-9,12H,6-7H2,1-5H3. The lowest BCUT2D eigenvalue weighted by Crippen LogP contribution is -2.41. The molecule has 1 aromatic heterocycles. The molecular formula is C11H22N4O2S. The summed E-state index contributed by atoms with van der Waals surface area (Å²) < 4.78 is 29.5. The Morgan fingerprint density at radius 2 is 2.11 bits per heavy atom. The first kappa shape index (κ1) is 15.1. The monoisotopic (exact) mass is 274 g/mol. The highest BCUT2D eigenvalue weighted by Crippen LogP contribution is 2.07. The molecule has 0 aliphatic carbocycles. The van der Waals surface area contributed by atoms with Crippen LogP contribution >= 0.6 is 0 Å². The van der Waals surface area contributed by atoms with Crippen LogP contribution in [0.5, 0.6) is 0 Å². The van der Waals surface area contributed by atoms with Crippen LogP contribution in [0, 0.1) is 6.92 Å². The molecule has 0 aromatic carbocycles. The zero-order valence-corrected chi connectivity index (χ0v) is 12.5. The maximum Gasteiger partial charge on any atom is 0.279 e. The van der Waals surface area contributed by atoms with Crippen LogP contribution in [0.4, 0.5) is 0 Å². The molecule has 1 rings (SSSR count). The SMILES string of the molecule is CCn1cc(CNS(=O)(=O)N(C)C(C)C)c(C)n1. The van der Waals surface area contributed by atoms with Gasteiger partial charge < -0.3 is 0 Å². The van der Waals surface area contributed by atoms with Gasteiger partial charge in [-0.3, -0.25) is 4.68 Å². The Labute approximate surface area is 109 Å². The van der Waals surface area contributed by atoms with Gasteiger partial charge in [-0.15, -0.1) is 0 Å². The van der Waals surface area contributed by atoms with Crippen molar-refractivity contribution in [1.29, 1.82) is 0 Å². The largest absolute Gasteiger partial charge is 0.279 e. The fourth-order valence-corrected chi connectivity index (χ4v) is 2.54. The first-order chi connectivity index (χ1) is 8.27. The lowest BCUT2D eigenvalue weighted by molar-refractivity contribution is 0.402. The summed E-state index contributed by atoms with van der Waals surface area (Å²) in [5.74, 6) is 0. The molecular weight excluding hydrogens is 252 g/mol. The van der Waals surface area contributed by atoms with Crippen LogP contribution in [0.2, 0.25) is 0 Å². The number of aryl methyl sites for hydroxylation is 2. The van der Waals surface area contributed by atoms with E-state index in [2.05, 4.69) is 9.82 Å². The van der Waals surface area contributed by atoms with Crippen LogP contribution in [-0.4, -0.2) is 35.6 Å². The molecule has 0 aliphatic rings. The first-order valence-corrected chi connectivity index (χ1v) is 7.47. The van der Waals surface area contributed by atoms with Crippen molar-refractivity contribution in [2.45, 2.75) is 46.8 Å². The summed E-state index contributed by atoms with van der Waals surface area (Å²) in [5.41, 5.74) is 1.75.